The van der Waals surface area contributed by atoms with E-state index in [2.05, 4.69) is 56.8 Å². The molecular weight excluding hydrogens is 340 g/mol. The molecule has 0 aliphatic heterocycles. The van der Waals surface area contributed by atoms with E-state index in [1.54, 1.807) is 10.9 Å². The third-order valence-corrected chi connectivity index (χ3v) is 4.64. The van der Waals surface area contributed by atoms with E-state index in [-0.39, 0.29) is 5.69 Å². The number of rotatable bonds is 6. The average Bonchev–Trinajstić information content (AvgIpc) is 2.99. The van der Waals surface area contributed by atoms with Gasteiger partial charge in [0.05, 0.1) is 16.6 Å². The third-order valence-electron chi connectivity index (χ3n) is 4.64. The summed E-state index contributed by atoms with van der Waals surface area (Å²) in [6, 6.07) is 12.2. The fourth-order valence-corrected chi connectivity index (χ4v) is 3.29. The fraction of sp³-hybridized carbons (Fsp3) is 0.250. The predicted octanol–water partition coefficient (Wildman–Crippen LogP) is 3.34. The van der Waals surface area contributed by atoms with Gasteiger partial charge in [-0.15, -0.1) is 0 Å². The normalized spacial score (nSPS) is 11.2. The molecule has 0 unspecified atom stereocenters. The van der Waals surface area contributed by atoms with E-state index in [0.717, 1.165) is 45.5 Å². The van der Waals surface area contributed by atoms with Gasteiger partial charge in [0.15, 0.2) is 0 Å². The lowest BCUT2D eigenvalue weighted by Crippen LogP contribution is -2.14. The number of aromatic amines is 1. The lowest BCUT2D eigenvalue weighted by Gasteiger charge is -2.10. The quantitative estimate of drug-likeness (QED) is 0.490. The van der Waals surface area contributed by atoms with Crippen molar-refractivity contribution in [2.75, 3.05) is 17.2 Å². The molecule has 0 aliphatic carbocycles. The smallest absolute Gasteiger partial charge is 0.326 e. The number of aromatic nitrogens is 4. The minimum Gasteiger partial charge on any atom is -0.385 e. The van der Waals surface area contributed by atoms with Gasteiger partial charge in [0.1, 0.15) is 12.1 Å². The summed E-state index contributed by atoms with van der Waals surface area (Å²) in [5.41, 5.74) is 4.63. The summed E-state index contributed by atoms with van der Waals surface area (Å²) in [6.45, 7) is 6.20. The first-order valence-electron chi connectivity index (χ1n) is 9.13. The van der Waals surface area contributed by atoms with Crippen LogP contribution in [-0.2, 0) is 13.1 Å². The molecule has 4 aromatic rings. The molecule has 138 valence electrons. The van der Waals surface area contributed by atoms with Crippen LogP contribution in [0.2, 0.25) is 0 Å². The highest BCUT2D eigenvalue weighted by Gasteiger charge is 2.10. The van der Waals surface area contributed by atoms with Gasteiger partial charge in [-0.3, -0.25) is 4.57 Å². The second-order valence-electron chi connectivity index (χ2n) is 6.36. The molecule has 4 rings (SSSR count). The molecule has 0 radical (unpaired) electrons. The maximum atomic E-state index is 12.1. The standard InChI is InChI=1S/C20H22N6O/c1-3-21-14-7-5-13(6-8-14)11-22-19-15-9-17-18(10-16(15)23-12-24-19)26(4-2)20(27)25-17/h5-10,12,21H,3-4,11H2,1-2H3,(H,25,27)(H,22,23,24). The molecule has 0 saturated heterocycles. The van der Waals surface area contributed by atoms with Crippen LogP contribution in [0.5, 0.6) is 0 Å². The van der Waals surface area contributed by atoms with E-state index in [9.17, 15) is 4.79 Å². The average molecular weight is 362 g/mol. The number of aryl methyl sites for hydroxylation is 1. The summed E-state index contributed by atoms with van der Waals surface area (Å²) in [7, 11) is 0. The molecule has 0 aliphatic rings. The SMILES string of the molecule is CCNc1ccc(CNc2ncnc3cc4c(cc23)[nH]c(=O)n4CC)cc1. The third kappa shape index (κ3) is 3.23. The van der Waals surface area contributed by atoms with Crippen LogP contribution in [0.3, 0.4) is 0 Å². The number of hydrogen-bond donors (Lipinski definition) is 3. The number of imidazole rings is 1. The minimum atomic E-state index is -0.106. The summed E-state index contributed by atoms with van der Waals surface area (Å²) < 4.78 is 1.70. The zero-order chi connectivity index (χ0) is 18.8. The van der Waals surface area contributed by atoms with Gasteiger partial charge >= 0.3 is 5.69 Å². The van der Waals surface area contributed by atoms with Crippen LogP contribution in [0.15, 0.2) is 47.5 Å². The van der Waals surface area contributed by atoms with Crippen molar-refractivity contribution in [3.05, 3.63) is 58.8 Å². The second kappa shape index (κ2) is 7.11. The Morgan fingerprint density at radius 2 is 1.89 bits per heavy atom. The number of H-pyrrole nitrogens is 1. The van der Waals surface area contributed by atoms with Gasteiger partial charge in [0, 0.05) is 30.7 Å². The van der Waals surface area contributed by atoms with Gasteiger partial charge < -0.3 is 15.6 Å². The number of nitrogens with zero attached hydrogens (tertiary/aromatic N) is 3. The molecule has 7 heteroatoms. The van der Waals surface area contributed by atoms with E-state index in [1.807, 2.05) is 19.1 Å². The van der Waals surface area contributed by atoms with Gasteiger partial charge in [0.2, 0.25) is 0 Å². The first kappa shape index (κ1) is 17.1. The van der Waals surface area contributed by atoms with Gasteiger partial charge in [0.25, 0.3) is 0 Å². The van der Waals surface area contributed by atoms with Crippen molar-refractivity contribution >= 4 is 33.4 Å². The van der Waals surface area contributed by atoms with Crippen molar-refractivity contribution in [3.8, 4) is 0 Å². The van der Waals surface area contributed by atoms with Crippen LogP contribution in [0.4, 0.5) is 11.5 Å². The van der Waals surface area contributed by atoms with Gasteiger partial charge in [-0.05, 0) is 43.7 Å². The summed E-state index contributed by atoms with van der Waals surface area (Å²) in [4.78, 5) is 23.7. The number of benzene rings is 2. The van der Waals surface area contributed by atoms with Crippen LogP contribution >= 0.6 is 0 Å². The van der Waals surface area contributed by atoms with Crippen LogP contribution in [0.25, 0.3) is 21.9 Å². The van der Waals surface area contributed by atoms with E-state index >= 15 is 0 Å². The molecule has 2 heterocycles. The Labute approximate surface area is 156 Å². The number of hydrogen-bond acceptors (Lipinski definition) is 5. The molecule has 0 bridgehead atoms. The summed E-state index contributed by atoms with van der Waals surface area (Å²) in [5, 5.41) is 7.56. The molecule has 0 atom stereocenters. The van der Waals surface area contributed by atoms with Gasteiger partial charge in [-0.1, -0.05) is 12.1 Å². The zero-order valence-electron chi connectivity index (χ0n) is 15.4. The second-order valence-corrected chi connectivity index (χ2v) is 6.36. The van der Waals surface area contributed by atoms with Gasteiger partial charge in [-0.25, -0.2) is 14.8 Å². The topological polar surface area (TPSA) is 87.6 Å². The molecule has 2 aromatic heterocycles. The molecule has 7 nitrogen and oxygen atoms in total. The van der Waals surface area contributed by atoms with E-state index < -0.39 is 0 Å². The highest BCUT2D eigenvalue weighted by molar-refractivity contribution is 5.98. The summed E-state index contributed by atoms with van der Waals surface area (Å²) in [6.07, 6.45) is 1.55. The molecule has 0 fully saturated rings. The van der Waals surface area contributed by atoms with Crippen molar-refractivity contribution in [2.24, 2.45) is 0 Å². The Morgan fingerprint density at radius 1 is 1.07 bits per heavy atom. The Bertz CT molecular complexity index is 1140. The van der Waals surface area contributed by atoms with Crippen molar-refractivity contribution in [2.45, 2.75) is 26.9 Å². The molecule has 3 N–H and O–H groups in total. The Morgan fingerprint density at radius 3 is 2.63 bits per heavy atom. The molecule has 0 spiro atoms. The van der Waals surface area contributed by atoms with Gasteiger partial charge in [-0.2, -0.15) is 0 Å². The minimum absolute atomic E-state index is 0.106. The highest BCUT2D eigenvalue weighted by atomic mass is 16.1. The largest absolute Gasteiger partial charge is 0.385 e. The Balaban J connectivity index is 1.65. The Kier molecular flexibility index (Phi) is 4.50. The van der Waals surface area contributed by atoms with Crippen LogP contribution in [0.1, 0.15) is 19.4 Å². The van der Waals surface area contributed by atoms with Crippen molar-refractivity contribution in [1.82, 2.24) is 19.5 Å². The van der Waals surface area contributed by atoms with Crippen molar-refractivity contribution in [1.29, 1.82) is 0 Å². The zero-order valence-corrected chi connectivity index (χ0v) is 15.4. The van der Waals surface area contributed by atoms with E-state index in [4.69, 9.17) is 0 Å². The first-order chi connectivity index (χ1) is 13.2. The summed E-state index contributed by atoms with van der Waals surface area (Å²) >= 11 is 0. The monoisotopic (exact) mass is 362 g/mol. The van der Waals surface area contributed by atoms with E-state index in [0.29, 0.717) is 13.1 Å². The molecule has 27 heavy (non-hydrogen) atoms. The molecule has 2 aromatic carbocycles. The summed E-state index contributed by atoms with van der Waals surface area (Å²) in [5.74, 6) is 0.753. The Hall–Kier alpha value is -3.35. The fourth-order valence-electron chi connectivity index (χ4n) is 3.29. The maximum Gasteiger partial charge on any atom is 0.326 e. The van der Waals surface area contributed by atoms with Crippen LogP contribution < -0.4 is 16.3 Å². The molecule has 0 saturated carbocycles. The first-order valence-corrected chi connectivity index (χ1v) is 9.13. The maximum absolute atomic E-state index is 12.1. The van der Waals surface area contributed by atoms with E-state index in [1.165, 1.54) is 0 Å². The lowest BCUT2D eigenvalue weighted by molar-refractivity contribution is 0.753. The van der Waals surface area contributed by atoms with Crippen LogP contribution in [0, 0.1) is 0 Å². The lowest BCUT2D eigenvalue weighted by atomic mass is 10.2. The molecule has 0 amide bonds. The number of nitrogens with one attached hydrogen (secondary N) is 3. The highest BCUT2D eigenvalue weighted by Crippen LogP contribution is 2.24. The number of fused-ring (bicyclic) bond motifs is 2. The predicted molar refractivity (Wildman–Crippen MR) is 109 cm³/mol. The molecular formula is C20H22N6O. The van der Waals surface area contributed by atoms with Crippen molar-refractivity contribution < 1.29 is 0 Å². The van der Waals surface area contributed by atoms with Crippen LogP contribution in [-0.4, -0.2) is 26.1 Å². The van der Waals surface area contributed by atoms with Crippen molar-refractivity contribution in [3.63, 3.8) is 0 Å². The number of anilines is 2.